The number of nitrogens with zero attached hydrogens (tertiary/aromatic N) is 1. The van der Waals surface area contributed by atoms with Crippen molar-refractivity contribution in [1.29, 1.82) is 0 Å². The van der Waals surface area contributed by atoms with E-state index in [0.717, 1.165) is 12.2 Å². The molecule has 1 rings (SSSR count). The van der Waals surface area contributed by atoms with Gasteiger partial charge in [0.05, 0.1) is 6.61 Å². The monoisotopic (exact) mass is 264 g/mol. The lowest BCUT2D eigenvalue weighted by Crippen LogP contribution is -2.36. The van der Waals surface area contributed by atoms with E-state index in [-0.39, 0.29) is 5.97 Å². The summed E-state index contributed by atoms with van der Waals surface area (Å²) in [6, 6.07) is 5.85. The highest BCUT2D eigenvalue weighted by molar-refractivity contribution is 5.75. The quantitative estimate of drug-likeness (QED) is 0.799. The van der Waals surface area contributed by atoms with Crippen molar-refractivity contribution in [2.45, 2.75) is 33.2 Å². The Morgan fingerprint density at radius 1 is 1.32 bits per heavy atom. The molecule has 1 unspecified atom stereocenters. The Balaban J connectivity index is 2.55. The van der Waals surface area contributed by atoms with Crippen LogP contribution in [0.3, 0.4) is 0 Å². The molecule has 0 saturated heterocycles. The van der Waals surface area contributed by atoms with E-state index in [4.69, 9.17) is 10.5 Å². The summed E-state index contributed by atoms with van der Waals surface area (Å²) in [6.45, 7) is 7.04. The minimum atomic E-state index is -0.548. The van der Waals surface area contributed by atoms with Crippen molar-refractivity contribution in [2.75, 3.05) is 25.1 Å². The molecule has 0 aliphatic carbocycles. The standard InChI is InChI=1S/C15H24N2O2/c1-5-19-15(18)14(16)6-7-17(4)13-9-11(2)8-12(3)10-13/h8-10,14H,5-7,16H2,1-4H3. The van der Waals surface area contributed by atoms with E-state index in [0.29, 0.717) is 13.0 Å². The first kappa shape index (κ1) is 15.5. The van der Waals surface area contributed by atoms with Crippen molar-refractivity contribution in [3.05, 3.63) is 29.3 Å². The lowest BCUT2D eigenvalue weighted by Gasteiger charge is -2.22. The molecule has 0 aromatic heterocycles. The molecule has 0 heterocycles. The van der Waals surface area contributed by atoms with Crippen LogP contribution in [-0.2, 0) is 9.53 Å². The molecule has 19 heavy (non-hydrogen) atoms. The third kappa shape index (κ3) is 4.91. The summed E-state index contributed by atoms with van der Waals surface area (Å²) >= 11 is 0. The van der Waals surface area contributed by atoms with Gasteiger partial charge in [-0.15, -0.1) is 0 Å². The third-order valence-corrected chi connectivity index (χ3v) is 3.01. The van der Waals surface area contributed by atoms with Gasteiger partial charge in [0.1, 0.15) is 6.04 Å². The first-order chi connectivity index (χ1) is 8.93. The molecule has 0 fully saturated rings. The molecular formula is C15H24N2O2. The molecule has 1 aromatic carbocycles. The molecule has 0 amide bonds. The molecule has 0 saturated carbocycles. The van der Waals surface area contributed by atoms with Gasteiger partial charge in [-0.05, 0) is 50.5 Å². The Labute approximate surface area is 115 Å². The van der Waals surface area contributed by atoms with Crippen LogP contribution in [0, 0.1) is 13.8 Å². The van der Waals surface area contributed by atoms with E-state index >= 15 is 0 Å². The lowest BCUT2D eigenvalue weighted by molar-refractivity contribution is -0.144. The molecular weight excluding hydrogens is 240 g/mol. The van der Waals surface area contributed by atoms with Crippen molar-refractivity contribution in [2.24, 2.45) is 5.73 Å². The third-order valence-electron chi connectivity index (χ3n) is 3.01. The molecule has 4 heteroatoms. The van der Waals surface area contributed by atoms with Gasteiger partial charge in [0.25, 0.3) is 0 Å². The molecule has 0 bridgehead atoms. The van der Waals surface area contributed by atoms with Crippen molar-refractivity contribution in [3.63, 3.8) is 0 Å². The fraction of sp³-hybridized carbons (Fsp3) is 0.533. The average molecular weight is 264 g/mol. The predicted octanol–water partition coefficient (Wildman–Crippen LogP) is 2.02. The summed E-state index contributed by atoms with van der Waals surface area (Å²) in [5.74, 6) is -0.323. The average Bonchev–Trinajstić information content (AvgIpc) is 2.34. The first-order valence-electron chi connectivity index (χ1n) is 6.65. The van der Waals surface area contributed by atoms with E-state index in [1.54, 1.807) is 6.92 Å². The van der Waals surface area contributed by atoms with Crippen LogP contribution in [0.5, 0.6) is 0 Å². The second-order valence-electron chi connectivity index (χ2n) is 4.91. The van der Waals surface area contributed by atoms with Gasteiger partial charge >= 0.3 is 5.97 Å². The smallest absolute Gasteiger partial charge is 0.322 e. The van der Waals surface area contributed by atoms with Gasteiger partial charge < -0.3 is 15.4 Å². The zero-order valence-corrected chi connectivity index (χ0v) is 12.3. The van der Waals surface area contributed by atoms with Gasteiger partial charge in [0.2, 0.25) is 0 Å². The molecule has 4 nitrogen and oxygen atoms in total. The first-order valence-corrected chi connectivity index (χ1v) is 6.65. The van der Waals surface area contributed by atoms with Crippen molar-refractivity contribution >= 4 is 11.7 Å². The van der Waals surface area contributed by atoms with Crippen LogP contribution in [-0.4, -0.2) is 32.2 Å². The molecule has 106 valence electrons. The minimum absolute atomic E-state index is 0.323. The van der Waals surface area contributed by atoms with Crippen LogP contribution >= 0.6 is 0 Å². The zero-order valence-electron chi connectivity index (χ0n) is 12.3. The van der Waals surface area contributed by atoms with E-state index < -0.39 is 6.04 Å². The summed E-state index contributed by atoms with van der Waals surface area (Å²) in [5.41, 5.74) is 9.40. The Bertz CT molecular complexity index is 412. The minimum Gasteiger partial charge on any atom is -0.465 e. The molecule has 0 aliphatic heterocycles. The largest absolute Gasteiger partial charge is 0.465 e. The SMILES string of the molecule is CCOC(=O)C(N)CCN(C)c1cc(C)cc(C)c1. The van der Waals surface area contributed by atoms with Crippen LogP contribution in [0.1, 0.15) is 24.5 Å². The highest BCUT2D eigenvalue weighted by atomic mass is 16.5. The van der Waals surface area contributed by atoms with Gasteiger partial charge in [0.15, 0.2) is 0 Å². The van der Waals surface area contributed by atoms with Crippen molar-refractivity contribution in [1.82, 2.24) is 0 Å². The van der Waals surface area contributed by atoms with E-state index in [1.807, 2.05) is 7.05 Å². The van der Waals surface area contributed by atoms with E-state index in [9.17, 15) is 4.79 Å². The Morgan fingerprint density at radius 3 is 2.42 bits per heavy atom. The number of hydrogen-bond acceptors (Lipinski definition) is 4. The van der Waals surface area contributed by atoms with Gasteiger partial charge in [-0.2, -0.15) is 0 Å². The van der Waals surface area contributed by atoms with Crippen LogP contribution in [0.25, 0.3) is 0 Å². The second-order valence-corrected chi connectivity index (χ2v) is 4.91. The van der Waals surface area contributed by atoms with Crippen LogP contribution in [0.4, 0.5) is 5.69 Å². The number of aryl methyl sites for hydroxylation is 2. The maximum Gasteiger partial charge on any atom is 0.322 e. The second kappa shape index (κ2) is 7.14. The summed E-state index contributed by atoms with van der Waals surface area (Å²) in [6.07, 6.45) is 0.586. The van der Waals surface area contributed by atoms with Crippen LogP contribution in [0.2, 0.25) is 0 Å². The molecule has 0 aliphatic rings. The highest BCUT2D eigenvalue weighted by Gasteiger charge is 2.15. The van der Waals surface area contributed by atoms with Gasteiger partial charge in [-0.1, -0.05) is 6.07 Å². The van der Waals surface area contributed by atoms with Crippen LogP contribution in [0.15, 0.2) is 18.2 Å². The fourth-order valence-corrected chi connectivity index (χ4v) is 2.00. The molecule has 0 spiro atoms. The summed E-state index contributed by atoms with van der Waals surface area (Å²) in [5, 5.41) is 0. The lowest BCUT2D eigenvalue weighted by atomic mass is 10.1. The summed E-state index contributed by atoms with van der Waals surface area (Å²) in [7, 11) is 2.01. The number of carbonyl (C=O) groups is 1. The normalized spacial score (nSPS) is 12.1. The molecule has 1 aromatic rings. The Morgan fingerprint density at radius 2 is 1.89 bits per heavy atom. The number of anilines is 1. The van der Waals surface area contributed by atoms with Gasteiger partial charge in [-0.25, -0.2) is 0 Å². The van der Waals surface area contributed by atoms with E-state index in [2.05, 4.69) is 36.9 Å². The molecule has 0 radical (unpaired) electrons. The zero-order chi connectivity index (χ0) is 14.4. The van der Waals surface area contributed by atoms with Crippen molar-refractivity contribution in [3.8, 4) is 0 Å². The number of carbonyl (C=O) groups excluding carboxylic acids is 1. The summed E-state index contributed by atoms with van der Waals surface area (Å²) < 4.78 is 4.90. The van der Waals surface area contributed by atoms with E-state index in [1.165, 1.54) is 11.1 Å². The Kier molecular flexibility index (Phi) is 5.83. The highest BCUT2D eigenvalue weighted by Crippen LogP contribution is 2.17. The number of nitrogens with two attached hydrogens (primary N) is 1. The summed E-state index contributed by atoms with van der Waals surface area (Å²) in [4.78, 5) is 13.5. The van der Waals surface area contributed by atoms with Crippen molar-refractivity contribution < 1.29 is 9.53 Å². The van der Waals surface area contributed by atoms with Crippen LogP contribution < -0.4 is 10.6 Å². The number of esters is 1. The number of benzene rings is 1. The number of ether oxygens (including phenoxy) is 1. The molecule has 1 atom stereocenters. The maximum absolute atomic E-state index is 11.4. The maximum atomic E-state index is 11.4. The number of rotatable bonds is 6. The fourth-order valence-electron chi connectivity index (χ4n) is 2.00. The topological polar surface area (TPSA) is 55.6 Å². The molecule has 2 N–H and O–H groups in total. The van der Waals surface area contributed by atoms with Gasteiger partial charge in [0, 0.05) is 19.3 Å². The Hall–Kier alpha value is -1.55. The predicted molar refractivity (Wildman–Crippen MR) is 78.4 cm³/mol. The van der Waals surface area contributed by atoms with Gasteiger partial charge in [-0.3, -0.25) is 4.79 Å². The number of hydrogen-bond donors (Lipinski definition) is 1.